The van der Waals surface area contributed by atoms with Crippen molar-refractivity contribution in [2.45, 2.75) is 4.90 Å². The molecule has 0 bridgehead atoms. The molecule has 2 N–H and O–H groups in total. The fourth-order valence-corrected chi connectivity index (χ4v) is 3.18. The fourth-order valence-electron chi connectivity index (χ4n) is 2.13. The summed E-state index contributed by atoms with van der Waals surface area (Å²) in [6, 6.07) is 10.9. The average Bonchev–Trinajstić information content (AvgIpc) is 2.65. The van der Waals surface area contributed by atoms with Crippen LogP contribution in [0.3, 0.4) is 0 Å². The molecular weight excluding hydrogens is 356 g/mol. The van der Waals surface area contributed by atoms with Gasteiger partial charge < -0.3 is 14.8 Å². The van der Waals surface area contributed by atoms with Gasteiger partial charge in [-0.3, -0.25) is 9.52 Å². The predicted molar refractivity (Wildman–Crippen MR) is 99.9 cm³/mol. The first-order valence-corrected chi connectivity index (χ1v) is 9.12. The second-order valence-corrected chi connectivity index (χ2v) is 6.87. The van der Waals surface area contributed by atoms with E-state index in [-0.39, 0.29) is 10.8 Å². The summed E-state index contributed by atoms with van der Waals surface area (Å²) in [4.78, 5) is 11.3. The number of amides is 1. The number of ether oxygens (including phenoxy) is 2. The van der Waals surface area contributed by atoms with Gasteiger partial charge in [0.2, 0.25) is 5.91 Å². The Balaban J connectivity index is 2.20. The molecule has 0 aliphatic carbocycles. The minimum absolute atomic E-state index is 0.101. The molecule has 1 amide bonds. The van der Waals surface area contributed by atoms with Gasteiger partial charge in [0, 0.05) is 19.2 Å². The van der Waals surface area contributed by atoms with Crippen molar-refractivity contribution in [2.75, 3.05) is 26.0 Å². The third-order valence-electron chi connectivity index (χ3n) is 3.50. The van der Waals surface area contributed by atoms with Crippen LogP contribution in [0.5, 0.6) is 11.5 Å². The van der Waals surface area contributed by atoms with E-state index in [0.29, 0.717) is 22.7 Å². The van der Waals surface area contributed by atoms with Crippen molar-refractivity contribution in [3.8, 4) is 11.5 Å². The zero-order chi connectivity index (χ0) is 19.2. The Morgan fingerprint density at radius 3 is 2.23 bits per heavy atom. The van der Waals surface area contributed by atoms with Crippen molar-refractivity contribution in [1.29, 1.82) is 0 Å². The Kier molecular flexibility index (Phi) is 6.24. The predicted octanol–water partition coefficient (Wildman–Crippen LogP) is 2.26. The molecule has 138 valence electrons. The maximum Gasteiger partial charge on any atom is 0.261 e. The Morgan fingerprint density at radius 1 is 1.00 bits per heavy atom. The van der Waals surface area contributed by atoms with Crippen LogP contribution < -0.4 is 19.5 Å². The normalized spacial score (nSPS) is 11.2. The van der Waals surface area contributed by atoms with Crippen molar-refractivity contribution >= 4 is 27.7 Å². The number of carbonyl (C=O) groups excluding carboxylic acids is 1. The summed E-state index contributed by atoms with van der Waals surface area (Å²) < 4.78 is 37.8. The fraction of sp³-hybridized carbons (Fsp3) is 0.167. The van der Waals surface area contributed by atoms with Crippen LogP contribution in [0.25, 0.3) is 6.08 Å². The zero-order valence-corrected chi connectivity index (χ0v) is 15.5. The summed E-state index contributed by atoms with van der Waals surface area (Å²) in [5, 5.41) is 2.46. The lowest BCUT2D eigenvalue weighted by Gasteiger charge is -2.12. The highest BCUT2D eigenvalue weighted by atomic mass is 32.2. The van der Waals surface area contributed by atoms with Gasteiger partial charge in [-0.05, 0) is 35.9 Å². The molecule has 0 aromatic heterocycles. The highest BCUT2D eigenvalue weighted by Crippen LogP contribution is 2.30. The number of nitrogens with one attached hydrogen (secondary N) is 2. The number of anilines is 1. The van der Waals surface area contributed by atoms with Gasteiger partial charge in [0.1, 0.15) is 0 Å². The quantitative estimate of drug-likeness (QED) is 0.723. The van der Waals surface area contributed by atoms with Crippen LogP contribution in [0.15, 0.2) is 53.4 Å². The highest BCUT2D eigenvalue weighted by molar-refractivity contribution is 7.92. The number of rotatable bonds is 7. The third-order valence-corrected chi connectivity index (χ3v) is 4.90. The molecule has 0 atom stereocenters. The molecule has 2 aromatic rings. The van der Waals surface area contributed by atoms with Crippen molar-refractivity contribution < 1.29 is 22.7 Å². The smallest absolute Gasteiger partial charge is 0.261 e. The Morgan fingerprint density at radius 2 is 1.65 bits per heavy atom. The van der Waals surface area contributed by atoms with Crippen molar-refractivity contribution in [2.24, 2.45) is 0 Å². The summed E-state index contributed by atoms with van der Waals surface area (Å²) in [6.45, 7) is 0. The van der Waals surface area contributed by atoms with E-state index < -0.39 is 10.0 Å². The monoisotopic (exact) mass is 376 g/mol. The molecule has 0 unspecified atom stereocenters. The summed E-state index contributed by atoms with van der Waals surface area (Å²) >= 11 is 0. The van der Waals surface area contributed by atoms with Gasteiger partial charge in [0.15, 0.2) is 11.5 Å². The molecule has 0 fully saturated rings. The molecule has 26 heavy (non-hydrogen) atoms. The number of hydrogen-bond acceptors (Lipinski definition) is 5. The van der Waals surface area contributed by atoms with E-state index in [1.165, 1.54) is 45.5 Å². The molecule has 7 nitrogen and oxygen atoms in total. The highest BCUT2D eigenvalue weighted by Gasteiger charge is 2.15. The van der Waals surface area contributed by atoms with Crippen LogP contribution in [-0.2, 0) is 14.8 Å². The van der Waals surface area contributed by atoms with Crippen molar-refractivity contribution in [3.63, 3.8) is 0 Å². The summed E-state index contributed by atoms with van der Waals surface area (Å²) in [7, 11) is 0.745. The number of sulfonamides is 1. The Labute approximate surface area is 152 Å². The van der Waals surface area contributed by atoms with Crippen LogP contribution >= 0.6 is 0 Å². The topological polar surface area (TPSA) is 93.7 Å². The number of carbonyl (C=O) groups is 1. The third kappa shape index (κ3) is 4.76. The average molecular weight is 376 g/mol. The molecular formula is C18H20N2O5S. The van der Waals surface area contributed by atoms with E-state index in [9.17, 15) is 13.2 Å². The summed E-state index contributed by atoms with van der Waals surface area (Å²) in [5.41, 5.74) is 1.06. The first kappa shape index (κ1) is 19.3. The van der Waals surface area contributed by atoms with Gasteiger partial charge in [-0.25, -0.2) is 8.42 Å². The molecule has 0 aliphatic rings. The molecule has 0 spiro atoms. The van der Waals surface area contributed by atoms with Gasteiger partial charge in [-0.1, -0.05) is 12.1 Å². The number of likely N-dealkylation sites (N-methyl/N-ethyl adjacent to an activating group) is 1. The number of methoxy groups -OCH3 is 2. The Bertz CT molecular complexity index is 906. The largest absolute Gasteiger partial charge is 0.493 e. The van der Waals surface area contributed by atoms with Gasteiger partial charge in [0.25, 0.3) is 10.0 Å². The van der Waals surface area contributed by atoms with E-state index in [4.69, 9.17) is 9.47 Å². The molecule has 0 saturated carbocycles. The number of hydrogen-bond donors (Lipinski definition) is 2. The maximum absolute atomic E-state index is 12.5. The minimum Gasteiger partial charge on any atom is -0.493 e. The second kappa shape index (κ2) is 8.39. The Hall–Kier alpha value is -3.00. The van der Waals surface area contributed by atoms with Gasteiger partial charge >= 0.3 is 0 Å². The number of benzene rings is 2. The van der Waals surface area contributed by atoms with E-state index in [0.717, 1.165) is 0 Å². The second-order valence-electron chi connectivity index (χ2n) is 5.19. The van der Waals surface area contributed by atoms with Gasteiger partial charge in [-0.15, -0.1) is 0 Å². The lowest BCUT2D eigenvalue weighted by Crippen LogP contribution is -2.14. The first-order chi connectivity index (χ1) is 12.4. The van der Waals surface area contributed by atoms with Crippen LogP contribution in [0.1, 0.15) is 5.56 Å². The molecule has 2 aromatic carbocycles. The molecule has 0 aliphatic heterocycles. The molecule has 8 heteroatoms. The molecule has 0 radical (unpaired) electrons. The minimum atomic E-state index is -3.76. The molecule has 0 heterocycles. The van der Waals surface area contributed by atoms with Gasteiger partial charge in [-0.2, -0.15) is 0 Å². The van der Waals surface area contributed by atoms with E-state index >= 15 is 0 Å². The lowest BCUT2D eigenvalue weighted by atomic mass is 10.2. The standard InChI is InChI=1S/C18H20N2O5S/c1-19-18(21)11-6-13-4-8-15(9-5-13)26(22,23)20-14-7-10-16(24-2)17(12-14)25-3/h4-12,20H,1-3H3,(H,19,21)/b11-6+. The van der Waals surface area contributed by atoms with Crippen molar-refractivity contribution in [1.82, 2.24) is 5.32 Å². The van der Waals surface area contributed by atoms with E-state index in [1.807, 2.05) is 0 Å². The van der Waals surface area contributed by atoms with Crippen LogP contribution in [0.4, 0.5) is 5.69 Å². The SMILES string of the molecule is CNC(=O)/C=C/c1ccc(S(=O)(=O)Nc2ccc(OC)c(OC)c2)cc1. The maximum atomic E-state index is 12.5. The van der Waals surface area contributed by atoms with Crippen LogP contribution in [0.2, 0.25) is 0 Å². The molecule has 0 saturated heterocycles. The van der Waals surface area contributed by atoms with E-state index in [1.54, 1.807) is 30.3 Å². The zero-order valence-electron chi connectivity index (χ0n) is 14.6. The van der Waals surface area contributed by atoms with Gasteiger partial charge in [0.05, 0.1) is 24.8 Å². The van der Waals surface area contributed by atoms with Crippen LogP contribution in [0, 0.1) is 0 Å². The van der Waals surface area contributed by atoms with Crippen molar-refractivity contribution in [3.05, 3.63) is 54.1 Å². The van der Waals surface area contributed by atoms with E-state index in [2.05, 4.69) is 10.0 Å². The first-order valence-electron chi connectivity index (χ1n) is 7.64. The molecule has 2 rings (SSSR count). The van der Waals surface area contributed by atoms with Crippen LogP contribution in [-0.4, -0.2) is 35.6 Å². The summed E-state index contributed by atoms with van der Waals surface area (Å²) in [6.07, 6.45) is 2.96. The summed E-state index contributed by atoms with van der Waals surface area (Å²) in [5.74, 6) is 0.682. The lowest BCUT2D eigenvalue weighted by molar-refractivity contribution is -0.115.